The number of nitrogens with zero attached hydrogens (tertiary/aromatic N) is 4. The van der Waals surface area contributed by atoms with Gasteiger partial charge in [0.05, 0.1) is 36.9 Å². The smallest absolute Gasteiger partial charge is 0.254 e. The highest BCUT2D eigenvalue weighted by Crippen LogP contribution is 2.23. The van der Waals surface area contributed by atoms with Crippen molar-refractivity contribution < 1.29 is 14.7 Å². The van der Waals surface area contributed by atoms with Crippen LogP contribution in [0.2, 0.25) is 0 Å². The van der Waals surface area contributed by atoms with Crippen LogP contribution in [0.15, 0.2) is 84.9 Å². The second-order valence-electron chi connectivity index (χ2n) is 12.1. The minimum atomic E-state index is -0.898. The van der Waals surface area contributed by atoms with Gasteiger partial charge in [0.25, 0.3) is 11.8 Å². The average Bonchev–Trinajstić information content (AvgIpc) is 3.76. The van der Waals surface area contributed by atoms with E-state index in [9.17, 15) is 14.7 Å². The number of aliphatic hydroxyl groups is 1. The number of hydrogen-bond donors (Lipinski definition) is 4. The molecule has 2 amide bonds. The molecule has 0 fully saturated rings. The Balaban J connectivity index is 1.35. The lowest BCUT2D eigenvalue weighted by Gasteiger charge is -2.25. The number of benzene rings is 2. The molecular formula is C36H41N7O3S. The van der Waals surface area contributed by atoms with Crippen LogP contribution in [0, 0.1) is 6.92 Å². The van der Waals surface area contributed by atoms with Crippen molar-refractivity contribution in [2.24, 2.45) is 0 Å². The van der Waals surface area contributed by atoms with Gasteiger partial charge in [0.1, 0.15) is 5.01 Å². The van der Waals surface area contributed by atoms with Crippen molar-refractivity contribution in [3.63, 3.8) is 0 Å². The number of rotatable bonds is 14. The number of imidazole rings is 1. The highest BCUT2D eigenvalue weighted by atomic mass is 32.1. The summed E-state index contributed by atoms with van der Waals surface area (Å²) in [5.41, 5.74) is 6.04. The van der Waals surface area contributed by atoms with Crippen LogP contribution < -0.4 is 10.6 Å². The molecule has 3 aromatic heterocycles. The van der Waals surface area contributed by atoms with Gasteiger partial charge in [0.2, 0.25) is 0 Å². The molecule has 47 heavy (non-hydrogen) atoms. The molecule has 244 valence electrons. The summed E-state index contributed by atoms with van der Waals surface area (Å²) in [6.45, 7) is 7.30. The van der Waals surface area contributed by atoms with Crippen LogP contribution in [0.4, 0.5) is 0 Å². The first kappa shape index (κ1) is 33.6. The Morgan fingerprint density at radius 1 is 1.00 bits per heavy atom. The normalized spacial score (nSPS) is 12.6. The van der Waals surface area contributed by atoms with E-state index in [4.69, 9.17) is 0 Å². The molecule has 0 aliphatic heterocycles. The summed E-state index contributed by atoms with van der Waals surface area (Å²) in [6.07, 6.45) is 6.40. The van der Waals surface area contributed by atoms with Gasteiger partial charge in [-0.05, 0) is 54.2 Å². The lowest BCUT2D eigenvalue weighted by Crippen LogP contribution is -2.48. The van der Waals surface area contributed by atoms with E-state index in [1.54, 1.807) is 42.7 Å². The zero-order valence-corrected chi connectivity index (χ0v) is 27.9. The van der Waals surface area contributed by atoms with Gasteiger partial charge in [-0.1, -0.05) is 50.2 Å². The van der Waals surface area contributed by atoms with Gasteiger partial charge in [-0.2, -0.15) is 0 Å². The number of aromatic nitrogens is 4. The molecule has 0 saturated carbocycles. The van der Waals surface area contributed by atoms with E-state index >= 15 is 0 Å². The van der Waals surface area contributed by atoms with E-state index < -0.39 is 18.1 Å². The number of thiazole rings is 1. The number of nitrogens with one attached hydrogen (secondary N) is 3. The van der Waals surface area contributed by atoms with Crippen LogP contribution in [-0.2, 0) is 19.5 Å². The molecule has 10 nitrogen and oxygen atoms in total. The van der Waals surface area contributed by atoms with Crippen molar-refractivity contribution in [1.29, 1.82) is 0 Å². The highest BCUT2D eigenvalue weighted by Gasteiger charge is 2.24. The summed E-state index contributed by atoms with van der Waals surface area (Å²) >= 11 is 1.50. The number of pyridine rings is 1. The molecule has 0 bridgehead atoms. The molecule has 4 N–H and O–H groups in total. The number of aryl methyl sites for hydroxylation is 1. The second kappa shape index (κ2) is 15.7. The molecule has 5 aromatic rings. The molecule has 0 saturated heterocycles. The van der Waals surface area contributed by atoms with Crippen LogP contribution >= 0.6 is 11.3 Å². The third kappa shape index (κ3) is 9.19. The number of amides is 2. The van der Waals surface area contributed by atoms with Crippen LogP contribution in [0.1, 0.15) is 67.9 Å². The number of carbonyl (C=O) groups is 2. The van der Waals surface area contributed by atoms with Gasteiger partial charge >= 0.3 is 0 Å². The molecule has 0 aliphatic carbocycles. The fourth-order valence-corrected chi connectivity index (χ4v) is 6.08. The Hall–Kier alpha value is -4.71. The number of aromatic amines is 1. The Labute approximate surface area is 279 Å². The first-order valence-corrected chi connectivity index (χ1v) is 16.5. The van der Waals surface area contributed by atoms with E-state index in [1.807, 2.05) is 55.0 Å². The average molecular weight is 652 g/mol. The van der Waals surface area contributed by atoms with Crippen LogP contribution in [0.3, 0.4) is 0 Å². The van der Waals surface area contributed by atoms with Crippen LogP contribution in [0.5, 0.6) is 0 Å². The lowest BCUT2D eigenvalue weighted by molar-refractivity contribution is 0.0784. The topological polar surface area (TPSA) is 136 Å². The molecule has 0 spiro atoms. The first-order chi connectivity index (χ1) is 22.7. The molecule has 5 rings (SSSR count). The van der Waals surface area contributed by atoms with Gasteiger partial charge in [-0.15, -0.1) is 11.3 Å². The molecule has 0 aliphatic rings. The highest BCUT2D eigenvalue weighted by molar-refractivity contribution is 7.09. The standard InChI is InChI=1S/C36H41N7O3S/c1-23(2)30-10-26(15-37-17-30)16-38-19-33(44)31(11-25-8-6-5-7-9-25)42-35(45)28-12-27(32-18-39-22-40-32)13-29(14-28)36(46)43(4)20-34-41-24(3)21-47-34/h5-10,12-15,17-18,21-23,31,33,38,44H,11,16,19-20H2,1-4H3,(H,39,40)(H,42,45)/t31-,33+/m0/s1. The number of H-pyrrole nitrogens is 1. The predicted octanol–water partition coefficient (Wildman–Crippen LogP) is 5.12. The largest absolute Gasteiger partial charge is 0.390 e. The van der Waals surface area contributed by atoms with E-state index in [0.717, 1.165) is 27.4 Å². The fraction of sp³-hybridized carbons (Fsp3) is 0.306. The molecule has 2 aromatic carbocycles. The van der Waals surface area contributed by atoms with Gasteiger partial charge < -0.3 is 25.6 Å². The maximum atomic E-state index is 13.9. The molecule has 0 unspecified atom stereocenters. The Morgan fingerprint density at radius 3 is 2.49 bits per heavy atom. The van der Waals surface area contributed by atoms with E-state index in [0.29, 0.717) is 47.8 Å². The second-order valence-corrected chi connectivity index (χ2v) is 13.0. The summed E-state index contributed by atoms with van der Waals surface area (Å²) in [4.78, 5) is 45.1. The molecule has 2 atom stereocenters. The maximum absolute atomic E-state index is 13.9. The summed E-state index contributed by atoms with van der Waals surface area (Å²) < 4.78 is 0. The Bertz CT molecular complexity index is 1770. The first-order valence-electron chi connectivity index (χ1n) is 15.6. The van der Waals surface area contributed by atoms with Gasteiger partial charge in [0, 0.05) is 60.3 Å². The number of aliphatic hydroxyl groups excluding tert-OH is 1. The van der Waals surface area contributed by atoms with E-state index in [-0.39, 0.29) is 12.5 Å². The SMILES string of the molecule is Cc1csc(CN(C)C(=O)c2cc(C(=O)N[C@@H](Cc3ccccc3)[C@H](O)CNCc3cncc(C(C)C)c3)cc(-c3cnc[nH]3)c2)n1. The fourth-order valence-electron chi connectivity index (χ4n) is 5.25. The third-order valence-corrected chi connectivity index (χ3v) is 8.83. The molecule has 0 radical (unpaired) electrons. The predicted molar refractivity (Wildman–Crippen MR) is 184 cm³/mol. The molecular weight excluding hydrogens is 611 g/mol. The molecule has 11 heteroatoms. The lowest BCUT2D eigenvalue weighted by atomic mass is 9.99. The van der Waals surface area contributed by atoms with Crippen molar-refractivity contribution in [2.75, 3.05) is 13.6 Å². The summed E-state index contributed by atoms with van der Waals surface area (Å²) in [7, 11) is 1.72. The zero-order valence-electron chi connectivity index (χ0n) is 27.1. The van der Waals surface area contributed by atoms with Crippen LogP contribution in [0.25, 0.3) is 11.3 Å². The van der Waals surface area contributed by atoms with E-state index in [1.165, 1.54) is 11.3 Å². The minimum Gasteiger partial charge on any atom is -0.390 e. The van der Waals surface area contributed by atoms with Crippen molar-refractivity contribution in [3.8, 4) is 11.3 Å². The van der Waals surface area contributed by atoms with E-state index in [2.05, 4.69) is 50.5 Å². The van der Waals surface area contributed by atoms with Crippen molar-refractivity contribution in [1.82, 2.24) is 35.5 Å². The van der Waals surface area contributed by atoms with Gasteiger partial charge in [0.15, 0.2) is 0 Å². The minimum absolute atomic E-state index is 0.241. The van der Waals surface area contributed by atoms with Crippen LogP contribution in [-0.4, -0.2) is 67.5 Å². The number of carbonyl (C=O) groups excluding carboxylic acids is 2. The van der Waals surface area contributed by atoms with Gasteiger partial charge in [-0.3, -0.25) is 14.6 Å². The Morgan fingerprint density at radius 2 is 1.79 bits per heavy atom. The number of hydrogen-bond acceptors (Lipinski definition) is 8. The molecule has 3 heterocycles. The maximum Gasteiger partial charge on any atom is 0.254 e. The quantitative estimate of drug-likeness (QED) is 0.131. The monoisotopic (exact) mass is 651 g/mol. The van der Waals surface area contributed by atoms with Crippen molar-refractivity contribution in [2.45, 2.75) is 58.3 Å². The third-order valence-electron chi connectivity index (χ3n) is 7.88. The summed E-state index contributed by atoms with van der Waals surface area (Å²) in [5.74, 6) is -0.273. The Kier molecular flexibility index (Phi) is 11.3. The van der Waals surface area contributed by atoms with Crippen molar-refractivity contribution in [3.05, 3.63) is 123 Å². The zero-order chi connectivity index (χ0) is 33.3. The summed E-state index contributed by atoms with van der Waals surface area (Å²) in [5, 5.41) is 20.5. The summed E-state index contributed by atoms with van der Waals surface area (Å²) in [6, 6.07) is 16.3. The van der Waals surface area contributed by atoms with Gasteiger partial charge in [-0.25, -0.2) is 9.97 Å². The van der Waals surface area contributed by atoms with Crippen molar-refractivity contribution >= 4 is 23.2 Å².